The van der Waals surface area contributed by atoms with E-state index >= 15 is 0 Å². The molecule has 1 aliphatic rings. The molecule has 1 aromatic heterocycles. The minimum absolute atomic E-state index is 0.0674. The summed E-state index contributed by atoms with van der Waals surface area (Å²) in [6.45, 7) is 0.464. The summed E-state index contributed by atoms with van der Waals surface area (Å²) in [6.07, 6.45) is 5.57. The second-order valence-corrected chi connectivity index (χ2v) is 5.32. The summed E-state index contributed by atoms with van der Waals surface area (Å²) < 4.78 is 1.75. The Hall–Kier alpha value is -1.68. The van der Waals surface area contributed by atoms with E-state index in [2.05, 4.69) is 5.10 Å². The van der Waals surface area contributed by atoms with E-state index in [0.717, 1.165) is 18.4 Å². The molecule has 3 rings (SSSR count). The lowest BCUT2D eigenvalue weighted by Gasteiger charge is -2.19. The molecular formula is C15H18N2O2. The quantitative estimate of drug-likeness (QED) is 0.915. The minimum Gasteiger partial charge on any atom is -0.391 e. The molecule has 1 N–H and O–H groups in total. The van der Waals surface area contributed by atoms with Crippen LogP contribution >= 0.6 is 0 Å². The molecule has 1 fully saturated rings. The molecule has 0 aliphatic heterocycles. The van der Waals surface area contributed by atoms with Gasteiger partial charge in [-0.1, -0.05) is 25.0 Å². The van der Waals surface area contributed by atoms with Crippen LogP contribution in [-0.4, -0.2) is 21.0 Å². The topological polar surface area (TPSA) is 55.1 Å². The van der Waals surface area contributed by atoms with E-state index in [1.807, 2.05) is 18.2 Å². The standard InChI is InChI=1S/C15H18N2O2/c18-14-9-16-17(13-8-4-3-7-12(13)14)10-15(19)11-5-1-2-6-11/h3-4,7-9,11,15,19H,1-2,5-6,10H2. The fourth-order valence-electron chi connectivity index (χ4n) is 2.97. The van der Waals surface area contributed by atoms with Gasteiger partial charge < -0.3 is 5.11 Å². The number of para-hydroxylation sites is 1. The molecule has 1 atom stereocenters. The fourth-order valence-corrected chi connectivity index (χ4v) is 2.97. The summed E-state index contributed by atoms with van der Waals surface area (Å²) in [5, 5.41) is 15.1. The van der Waals surface area contributed by atoms with Crippen LogP contribution in [0.2, 0.25) is 0 Å². The first-order valence-corrected chi connectivity index (χ1v) is 6.88. The molecule has 0 saturated heterocycles. The number of hydrogen-bond donors (Lipinski definition) is 1. The van der Waals surface area contributed by atoms with Crippen LogP contribution in [0.25, 0.3) is 10.9 Å². The van der Waals surface area contributed by atoms with Crippen molar-refractivity contribution in [3.8, 4) is 0 Å². The van der Waals surface area contributed by atoms with Gasteiger partial charge in [-0.3, -0.25) is 9.48 Å². The first-order valence-electron chi connectivity index (χ1n) is 6.88. The van der Waals surface area contributed by atoms with Gasteiger partial charge in [0, 0.05) is 5.39 Å². The van der Waals surface area contributed by atoms with Crippen molar-refractivity contribution in [2.75, 3.05) is 0 Å². The van der Waals surface area contributed by atoms with Crippen LogP contribution in [0.1, 0.15) is 25.7 Å². The molecule has 1 heterocycles. The highest BCUT2D eigenvalue weighted by Crippen LogP contribution is 2.28. The average molecular weight is 258 g/mol. The highest BCUT2D eigenvalue weighted by Gasteiger charge is 2.23. The van der Waals surface area contributed by atoms with Crippen molar-refractivity contribution in [2.24, 2.45) is 5.92 Å². The predicted octanol–water partition coefficient (Wildman–Crippen LogP) is 1.95. The van der Waals surface area contributed by atoms with E-state index in [4.69, 9.17) is 0 Å². The SMILES string of the molecule is O=c1cnn(CC(O)C2CCCC2)c2ccccc12. The number of aromatic nitrogens is 2. The van der Waals surface area contributed by atoms with Gasteiger partial charge in [-0.25, -0.2) is 0 Å². The molecule has 1 unspecified atom stereocenters. The smallest absolute Gasteiger partial charge is 0.207 e. The Balaban J connectivity index is 1.92. The molecule has 19 heavy (non-hydrogen) atoms. The van der Waals surface area contributed by atoms with Crippen LogP contribution in [0.3, 0.4) is 0 Å². The van der Waals surface area contributed by atoms with Crippen LogP contribution in [0.5, 0.6) is 0 Å². The zero-order valence-electron chi connectivity index (χ0n) is 10.8. The summed E-state index contributed by atoms with van der Waals surface area (Å²) in [7, 11) is 0. The second-order valence-electron chi connectivity index (χ2n) is 5.32. The molecule has 100 valence electrons. The van der Waals surface area contributed by atoms with Crippen molar-refractivity contribution in [2.45, 2.75) is 38.3 Å². The fraction of sp³-hybridized carbons (Fsp3) is 0.467. The number of aliphatic hydroxyl groups is 1. The zero-order chi connectivity index (χ0) is 13.2. The summed E-state index contributed by atoms with van der Waals surface area (Å²) in [5.41, 5.74) is 0.731. The minimum atomic E-state index is -0.374. The van der Waals surface area contributed by atoms with E-state index in [1.54, 1.807) is 10.7 Å². The van der Waals surface area contributed by atoms with E-state index in [0.29, 0.717) is 17.8 Å². The lowest BCUT2D eigenvalue weighted by atomic mass is 10.0. The molecule has 1 saturated carbocycles. The van der Waals surface area contributed by atoms with Crippen molar-refractivity contribution in [1.82, 2.24) is 9.78 Å². The normalized spacial score (nSPS) is 17.9. The van der Waals surface area contributed by atoms with Gasteiger partial charge in [0.05, 0.1) is 24.4 Å². The molecule has 1 aromatic carbocycles. The van der Waals surface area contributed by atoms with Gasteiger partial charge in [-0.05, 0) is 30.9 Å². The average Bonchev–Trinajstić information content (AvgIpc) is 2.96. The first kappa shape index (κ1) is 12.4. The van der Waals surface area contributed by atoms with E-state index in [-0.39, 0.29) is 11.5 Å². The third-order valence-electron chi connectivity index (χ3n) is 4.07. The number of benzene rings is 1. The van der Waals surface area contributed by atoms with Gasteiger partial charge in [0.25, 0.3) is 0 Å². The third kappa shape index (κ3) is 2.40. The van der Waals surface area contributed by atoms with Crippen LogP contribution < -0.4 is 5.43 Å². The number of fused-ring (bicyclic) bond motifs is 1. The molecule has 2 aromatic rings. The highest BCUT2D eigenvalue weighted by molar-refractivity contribution is 5.77. The van der Waals surface area contributed by atoms with E-state index < -0.39 is 0 Å². The Labute approximate surface area is 111 Å². The Bertz CT molecular complexity index is 629. The Morgan fingerprint density at radius 1 is 1.32 bits per heavy atom. The molecule has 0 radical (unpaired) electrons. The molecule has 4 heteroatoms. The van der Waals surface area contributed by atoms with Crippen molar-refractivity contribution in [1.29, 1.82) is 0 Å². The highest BCUT2D eigenvalue weighted by atomic mass is 16.3. The lowest BCUT2D eigenvalue weighted by Crippen LogP contribution is -2.26. The largest absolute Gasteiger partial charge is 0.391 e. The molecule has 0 amide bonds. The van der Waals surface area contributed by atoms with Crippen LogP contribution in [0.15, 0.2) is 35.3 Å². The monoisotopic (exact) mass is 258 g/mol. The number of aliphatic hydroxyl groups excluding tert-OH is 1. The first-order chi connectivity index (χ1) is 9.25. The number of hydrogen-bond acceptors (Lipinski definition) is 3. The second kappa shape index (κ2) is 5.13. The maximum Gasteiger partial charge on any atom is 0.207 e. The van der Waals surface area contributed by atoms with Crippen LogP contribution in [0.4, 0.5) is 0 Å². The summed E-state index contributed by atoms with van der Waals surface area (Å²) in [6, 6.07) is 7.42. The van der Waals surface area contributed by atoms with Crippen molar-refractivity contribution < 1.29 is 5.11 Å². The Morgan fingerprint density at radius 2 is 2.05 bits per heavy atom. The van der Waals surface area contributed by atoms with Gasteiger partial charge in [0.1, 0.15) is 0 Å². The molecule has 0 bridgehead atoms. The number of rotatable bonds is 3. The maximum absolute atomic E-state index is 11.7. The van der Waals surface area contributed by atoms with Crippen LogP contribution in [-0.2, 0) is 6.54 Å². The number of nitrogens with zero attached hydrogens (tertiary/aromatic N) is 2. The summed E-state index contributed by atoms with van der Waals surface area (Å²) in [5.74, 6) is 0.375. The van der Waals surface area contributed by atoms with Crippen LogP contribution in [0, 0.1) is 5.92 Å². The Morgan fingerprint density at radius 3 is 2.84 bits per heavy atom. The van der Waals surface area contributed by atoms with E-state index in [1.165, 1.54) is 19.0 Å². The van der Waals surface area contributed by atoms with Crippen molar-refractivity contribution >= 4 is 10.9 Å². The van der Waals surface area contributed by atoms with Gasteiger partial charge in [-0.2, -0.15) is 5.10 Å². The Kier molecular flexibility index (Phi) is 3.34. The van der Waals surface area contributed by atoms with E-state index in [9.17, 15) is 9.90 Å². The molecule has 0 spiro atoms. The van der Waals surface area contributed by atoms with Gasteiger partial charge in [0.2, 0.25) is 5.43 Å². The van der Waals surface area contributed by atoms with Gasteiger partial charge in [-0.15, -0.1) is 0 Å². The molecule has 1 aliphatic carbocycles. The zero-order valence-corrected chi connectivity index (χ0v) is 10.8. The predicted molar refractivity (Wildman–Crippen MR) is 74.0 cm³/mol. The van der Waals surface area contributed by atoms with Gasteiger partial charge >= 0.3 is 0 Å². The molecular weight excluding hydrogens is 240 g/mol. The van der Waals surface area contributed by atoms with Crippen molar-refractivity contribution in [3.63, 3.8) is 0 Å². The molecule has 4 nitrogen and oxygen atoms in total. The maximum atomic E-state index is 11.7. The summed E-state index contributed by atoms with van der Waals surface area (Å²) >= 11 is 0. The van der Waals surface area contributed by atoms with Crippen molar-refractivity contribution in [3.05, 3.63) is 40.7 Å². The summed E-state index contributed by atoms with van der Waals surface area (Å²) in [4.78, 5) is 11.7. The lowest BCUT2D eigenvalue weighted by molar-refractivity contribution is 0.0904. The van der Waals surface area contributed by atoms with Gasteiger partial charge in [0.15, 0.2) is 0 Å². The third-order valence-corrected chi connectivity index (χ3v) is 4.07.